The number of methoxy groups -OCH3 is 1. The Hall–Kier alpha value is -3.02. The van der Waals surface area contributed by atoms with Crippen molar-refractivity contribution in [3.05, 3.63) is 88.2 Å². The van der Waals surface area contributed by atoms with Crippen molar-refractivity contribution in [2.24, 2.45) is 0 Å². The van der Waals surface area contributed by atoms with E-state index in [1.54, 1.807) is 30.2 Å². The Morgan fingerprint density at radius 2 is 1.91 bits per heavy atom. The van der Waals surface area contributed by atoms with Crippen molar-refractivity contribution in [2.45, 2.75) is 18.9 Å². The molecule has 1 unspecified atom stereocenters. The molecule has 32 heavy (non-hydrogen) atoms. The molecule has 0 spiro atoms. The Bertz CT molecular complexity index is 1320. The lowest BCUT2D eigenvalue weighted by molar-refractivity contribution is -0.117. The maximum atomic E-state index is 13.0. The molecule has 7 heteroatoms. The molecule has 1 aromatic heterocycles. The van der Waals surface area contributed by atoms with Gasteiger partial charge in [0.05, 0.1) is 28.9 Å². The van der Waals surface area contributed by atoms with Crippen LogP contribution in [0.15, 0.2) is 66.7 Å². The highest BCUT2D eigenvalue weighted by Crippen LogP contribution is 2.38. The van der Waals surface area contributed by atoms with Gasteiger partial charge in [-0.15, -0.1) is 0 Å². The first-order valence-electron chi connectivity index (χ1n) is 10.4. The molecule has 1 aliphatic rings. The summed E-state index contributed by atoms with van der Waals surface area (Å²) >= 11 is 12.6. The highest BCUT2D eigenvalue weighted by Gasteiger charge is 2.35. The van der Waals surface area contributed by atoms with Gasteiger partial charge in [0.25, 0.3) is 0 Å². The van der Waals surface area contributed by atoms with Crippen LogP contribution in [0, 0.1) is 0 Å². The molecule has 5 rings (SSSR count). The average molecular weight is 466 g/mol. The van der Waals surface area contributed by atoms with Crippen LogP contribution in [0.1, 0.15) is 23.7 Å². The van der Waals surface area contributed by atoms with Gasteiger partial charge in [-0.05, 0) is 42.0 Å². The summed E-state index contributed by atoms with van der Waals surface area (Å²) in [5.74, 6) is 1.51. The predicted octanol–water partition coefficient (Wildman–Crippen LogP) is 5.92. The Balaban J connectivity index is 1.53. The van der Waals surface area contributed by atoms with E-state index in [0.717, 1.165) is 22.4 Å². The van der Waals surface area contributed by atoms with Crippen LogP contribution in [0.25, 0.3) is 11.0 Å². The number of aromatic nitrogens is 2. The lowest BCUT2D eigenvalue weighted by Gasteiger charge is -2.19. The first-order valence-corrected chi connectivity index (χ1v) is 11.1. The van der Waals surface area contributed by atoms with Crippen molar-refractivity contribution < 1.29 is 9.53 Å². The third-order valence-corrected chi connectivity index (χ3v) is 6.40. The molecule has 1 saturated heterocycles. The van der Waals surface area contributed by atoms with E-state index in [0.29, 0.717) is 41.0 Å². The second kappa shape index (κ2) is 8.49. The minimum Gasteiger partial charge on any atom is -0.497 e. The largest absolute Gasteiger partial charge is 0.497 e. The molecule has 1 atom stereocenters. The second-order valence-electron chi connectivity index (χ2n) is 7.90. The number of hydrogen-bond donors (Lipinski definition) is 0. The van der Waals surface area contributed by atoms with E-state index in [2.05, 4.69) is 10.6 Å². The maximum Gasteiger partial charge on any atom is 0.227 e. The number of nitrogens with zero attached hydrogens (tertiary/aromatic N) is 3. The number of para-hydroxylation sites is 2. The second-order valence-corrected chi connectivity index (χ2v) is 8.74. The number of benzene rings is 3. The van der Waals surface area contributed by atoms with E-state index < -0.39 is 0 Å². The smallest absolute Gasteiger partial charge is 0.227 e. The molecule has 3 aromatic carbocycles. The van der Waals surface area contributed by atoms with E-state index in [1.807, 2.05) is 42.5 Å². The number of imidazole rings is 1. The molecule has 2 heterocycles. The molecule has 1 fully saturated rings. The monoisotopic (exact) mass is 465 g/mol. The van der Waals surface area contributed by atoms with Gasteiger partial charge in [0, 0.05) is 36.5 Å². The number of halogens is 2. The van der Waals surface area contributed by atoms with E-state index in [1.165, 1.54) is 0 Å². The summed E-state index contributed by atoms with van der Waals surface area (Å²) in [6, 6.07) is 21.2. The molecular weight excluding hydrogens is 445 g/mol. The molecule has 0 radical (unpaired) electrons. The van der Waals surface area contributed by atoms with Crippen LogP contribution in [-0.4, -0.2) is 29.1 Å². The van der Waals surface area contributed by atoms with Gasteiger partial charge in [0.1, 0.15) is 11.6 Å². The van der Waals surface area contributed by atoms with Crippen LogP contribution in [0.2, 0.25) is 10.0 Å². The summed E-state index contributed by atoms with van der Waals surface area (Å²) in [4.78, 5) is 19.7. The number of anilines is 1. The number of ether oxygens (including phenoxy) is 1. The van der Waals surface area contributed by atoms with Crippen molar-refractivity contribution in [3.63, 3.8) is 0 Å². The van der Waals surface area contributed by atoms with Gasteiger partial charge in [-0.2, -0.15) is 0 Å². The number of hydrogen-bond acceptors (Lipinski definition) is 3. The third-order valence-electron chi connectivity index (χ3n) is 5.85. The highest BCUT2D eigenvalue weighted by molar-refractivity contribution is 6.34. The fraction of sp³-hybridized carbons (Fsp3) is 0.200. The summed E-state index contributed by atoms with van der Waals surface area (Å²) in [5, 5.41) is 1.22. The first kappa shape index (κ1) is 20.9. The van der Waals surface area contributed by atoms with Gasteiger partial charge in [-0.1, -0.05) is 47.5 Å². The van der Waals surface area contributed by atoms with E-state index in [-0.39, 0.29) is 11.8 Å². The van der Waals surface area contributed by atoms with E-state index >= 15 is 0 Å². The van der Waals surface area contributed by atoms with E-state index in [9.17, 15) is 4.79 Å². The van der Waals surface area contributed by atoms with Crippen molar-refractivity contribution in [3.8, 4) is 5.75 Å². The van der Waals surface area contributed by atoms with Gasteiger partial charge in [0.15, 0.2) is 0 Å². The van der Waals surface area contributed by atoms with E-state index in [4.69, 9.17) is 32.9 Å². The van der Waals surface area contributed by atoms with Crippen molar-refractivity contribution in [2.75, 3.05) is 18.6 Å². The van der Waals surface area contributed by atoms with Crippen LogP contribution in [0.3, 0.4) is 0 Å². The standard InChI is InChI=1S/C25H21Cl2N3O2/c1-32-19-9-10-20(27)23(13-19)29-15-17(12-24(29)31)25-28-21-7-2-3-8-22(21)30(25)14-16-5-4-6-18(26)11-16/h2-11,13,17H,12,14-15H2,1H3. The summed E-state index contributed by atoms with van der Waals surface area (Å²) in [6.07, 6.45) is 0.367. The summed E-state index contributed by atoms with van der Waals surface area (Å²) in [7, 11) is 1.60. The molecule has 0 bridgehead atoms. The van der Waals surface area contributed by atoms with Gasteiger partial charge < -0.3 is 14.2 Å². The Kier molecular flexibility index (Phi) is 5.53. The van der Waals surface area contributed by atoms with Crippen LogP contribution < -0.4 is 9.64 Å². The SMILES string of the molecule is COc1ccc(Cl)c(N2CC(c3nc4ccccc4n3Cc3cccc(Cl)c3)CC2=O)c1. The van der Waals surface area contributed by atoms with Gasteiger partial charge in [-0.25, -0.2) is 4.98 Å². The molecule has 0 N–H and O–H groups in total. The zero-order valence-corrected chi connectivity index (χ0v) is 19.0. The molecule has 162 valence electrons. The lowest BCUT2D eigenvalue weighted by Crippen LogP contribution is -2.25. The van der Waals surface area contributed by atoms with Crippen molar-refractivity contribution in [1.29, 1.82) is 0 Å². The number of fused-ring (bicyclic) bond motifs is 1. The Morgan fingerprint density at radius 3 is 2.72 bits per heavy atom. The molecular formula is C25H21Cl2N3O2. The third kappa shape index (κ3) is 3.83. The normalized spacial score (nSPS) is 16.2. The van der Waals surface area contributed by atoms with Crippen LogP contribution in [0.5, 0.6) is 5.75 Å². The Morgan fingerprint density at radius 1 is 1.06 bits per heavy atom. The maximum absolute atomic E-state index is 13.0. The molecule has 1 amide bonds. The fourth-order valence-corrected chi connectivity index (χ4v) is 4.76. The average Bonchev–Trinajstić information content (AvgIpc) is 3.35. The fourth-order valence-electron chi connectivity index (χ4n) is 4.33. The van der Waals surface area contributed by atoms with Crippen molar-refractivity contribution >= 4 is 45.8 Å². The molecule has 5 nitrogen and oxygen atoms in total. The summed E-state index contributed by atoms with van der Waals surface area (Å²) in [5.41, 5.74) is 3.69. The molecule has 0 saturated carbocycles. The first-order chi connectivity index (χ1) is 15.5. The molecule has 1 aliphatic heterocycles. The van der Waals surface area contributed by atoms with Gasteiger partial charge in [0.2, 0.25) is 5.91 Å². The zero-order valence-electron chi connectivity index (χ0n) is 17.5. The van der Waals surface area contributed by atoms with Gasteiger partial charge in [-0.3, -0.25) is 4.79 Å². The number of carbonyl (C=O) groups excluding carboxylic acids is 1. The number of carbonyl (C=O) groups is 1. The zero-order chi connectivity index (χ0) is 22.2. The molecule has 0 aliphatic carbocycles. The van der Waals surface area contributed by atoms with Gasteiger partial charge >= 0.3 is 0 Å². The van der Waals surface area contributed by atoms with Crippen LogP contribution >= 0.6 is 23.2 Å². The summed E-state index contributed by atoms with van der Waals surface area (Å²) < 4.78 is 7.52. The Labute approximate surface area is 196 Å². The van der Waals surface area contributed by atoms with Crippen molar-refractivity contribution in [1.82, 2.24) is 9.55 Å². The highest BCUT2D eigenvalue weighted by atomic mass is 35.5. The van der Waals surface area contributed by atoms with Crippen LogP contribution in [-0.2, 0) is 11.3 Å². The molecule has 4 aromatic rings. The number of rotatable bonds is 5. The van der Waals surface area contributed by atoms with Crippen LogP contribution in [0.4, 0.5) is 5.69 Å². The minimum absolute atomic E-state index is 0.0199. The topological polar surface area (TPSA) is 47.4 Å². The lowest BCUT2D eigenvalue weighted by atomic mass is 10.1. The predicted molar refractivity (Wildman–Crippen MR) is 128 cm³/mol. The summed E-state index contributed by atoms with van der Waals surface area (Å²) in [6.45, 7) is 1.13. The quantitative estimate of drug-likeness (QED) is 0.367. The number of amides is 1. The minimum atomic E-state index is -0.0589.